The first-order valence-electron chi connectivity index (χ1n) is 12.7. The number of aromatic amines is 1. The molecule has 6 rings (SSSR count). The average Bonchev–Trinajstić information content (AvgIpc) is 3.22. The minimum atomic E-state index is -4.63. The SMILES string of the molecule is Cn1c(=O)n(-c2ccc(N3CCN(CN)CC3)c(C(F)(F)F)c2)c2c3cc(-c4ccc(=O)[nH]c4)ccc3ncc21. The van der Waals surface area contributed by atoms with Crippen molar-refractivity contribution in [3.8, 4) is 16.8 Å². The highest BCUT2D eigenvalue weighted by atomic mass is 19.4. The molecule has 3 aromatic heterocycles. The highest BCUT2D eigenvalue weighted by Crippen LogP contribution is 2.39. The first-order chi connectivity index (χ1) is 19.2. The Morgan fingerprint density at radius 3 is 2.40 bits per heavy atom. The van der Waals surface area contributed by atoms with Gasteiger partial charge in [0.15, 0.2) is 0 Å². The average molecular weight is 550 g/mol. The third kappa shape index (κ3) is 4.34. The van der Waals surface area contributed by atoms with E-state index in [1.54, 1.807) is 42.5 Å². The molecule has 0 bridgehead atoms. The Balaban J connectivity index is 1.55. The maximum Gasteiger partial charge on any atom is 0.418 e. The number of benzene rings is 2. The molecule has 0 spiro atoms. The second kappa shape index (κ2) is 9.65. The predicted molar refractivity (Wildman–Crippen MR) is 148 cm³/mol. The van der Waals surface area contributed by atoms with Crippen molar-refractivity contribution in [2.75, 3.05) is 37.7 Å². The molecular formula is C28H26F3N7O2. The number of H-pyrrole nitrogens is 1. The predicted octanol–water partition coefficient (Wildman–Crippen LogP) is 3.29. The van der Waals surface area contributed by atoms with Crippen LogP contribution in [0.25, 0.3) is 38.8 Å². The molecule has 206 valence electrons. The molecule has 0 radical (unpaired) electrons. The third-order valence-electron chi connectivity index (χ3n) is 7.52. The van der Waals surface area contributed by atoms with Gasteiger partial charge in [-0.15, -0.1) is 0 Å². The number of nitrogens with two attached hydrogens (primary N) is 1. The van der Waals surface area contributed by atoms with E-state index in [4.69, 9.17) is 5.73 Å². The van der Waals surface area contributed by atoms with Gasteiger partial charge in [-0.25, -0.2) is 4.79 Å². The van der Waals surface area contributed by atoms with Crippen LogP contribution in [-0.2, 0) is 13.2 Å². The number of fused-ring (bicyclic) bond motifs is 3. The van der Waals surface area contributed by atoms with Gasteiger partial charge in [-0.3, -0.25) is 23.8 Å². The smallest absolute Gasteiger partial charge is 0.368 e. The van der Waals surface area contributed by atoms with E-state index in [1.165, 1.54) is 21.3 Å². The van der Waals surface area contributed by atoms with Crippen LogP contribution in [-0.4, -0.2) is 56.8 Å². The molecule has 5 aromatic rings. The fourth-order valence-electron chi connectivity index (χ4n) is 5.34. The summed E-state index contributed by atoms with van der Waals surface area (Å²) in [5.74, 6) is 0. The van der Waals surface area contributed by atoms with Crippen molar-refractivity contribution in [2.24, 2.45) is 12.8 Å². The van der Waals surface area contributed by atoms with Crippen LogP contribution in [0.2, 0.25) is 0 Å². The zero-order valence-electron chi connectivity index (χ0n) is 21.6. The normalized spacial score (nSPS) is 14.9. The molecular weight excluding hydrogens is 523 g/mol. The fourth-order valence-corrected chi connectivity index (χ4v) is 5.34. The molecule has 1 aliphatic rings. The van der Waals surface area contributed by atoms with E-state index in [2.05, 4.69) is 9.97 Å². The fraction of sp³-hybridized carbons (Fsp3) is 0.250. The monoisotopic (exact) mass is 549 g/mol. The van der Waals surface area contributed by atoms with E-state index in [0.717, 1.165) is 17.2 Å². The van der Waals surface area contributed by atoms with E-state index in [-0.39, 0.29) is 16.9 Å². The van der Waals surface area contributed by atoms with Crippen LogP contribution in [0.15, 0.2) is 70.5 Å². The van der Waals surface area contributed by atoms with Crippen molar-refractivity contribution >= 4 is 27.6 Å². The summed E-state index contributed by atoms with van der Waals surface area (Å²) in [6, 6.07) is 12.6. The van der Waals surface area contributed by atoms with Crippen molar-refractivity contribution in [2.45, 2.75) is 6.18 Å². The van der Waals surface area contributed by atoms with E-state index < -0.39 is 17.4 Å². The molecule has 3 N–H and O–H groups in total. The molecule has 2 aromatic carbocycles. The number of piperazine rings is 1. The molecule has 12 heteroatoms. The molecule has 0 unspecified atom stereocenters. The standard InChI is InChI=1S/C28H26F3N7O2/c1-35-24-15-33-22-5-2-17(18-3-7-25(39)34-14-18)12-20(22)26(24)38(27(35)40)19-4-6-23(21(13-19)28(29,30)31)37-10-8-36(16-32)9-11-37/h2-7,12-15H,8-11,16,32H2,1H3,(H,34,39). The van der Waals surface area contributed by atoms with Gasteiger partial charge in [0, 0.05) is 63.2 Å². The Morgan fingerprint density at radius 2 is 1.73 bits per heavy atom. The second-order valence-corrected chi connectivity index (χ2v) is 9.83. The van der Waals surface area contributed by atoms with Crippen LogP contribution in [0.4, 0.5) is 18.9 Å². The van der Waals surface area contributed by atoms with Gasteiger partial charge in [-0.05, 0) is 47.5 Å². The van der Waals surface area contributed by atoms with E-state index in [1.807, 2.05) is 17.0 Å². The number of halogens is 3. The maximum absolute atomic E-state index is 14.4. The number of alkyl halides is 3. The van der Waals surface area contributed by atoms with E-state index in [9.17, 15) is 22.8 Å². The summed E-state index contributed by atoms with van der Waals surface area (Å²) in [6.45, 7) is 2.31. The molecule has 1 aliphatic heterocycles. The first kappa shape index (κ1) is 25.8. The molecule has 0 aliphatic carbocycles. The summed E-state index contributed by atoms with van der Waals surface area (Å²) < 4.78 is 45.9. The highest BCUT2D eigenvalue weighted by molar-refractivity contribution is 6.04. The van der Waals surface area contributed by atoms with Crippen LogP contribution >= 0.6 is 0 Å². The van der Waals surface area contributed by atoms with Gasteiger partial charge in [0.1, 0.15) is 0 Å². The Kier molecular flexibility index (Phi) is 6.23. The van der Waals surface area contributed by atoms with Crippen LogP contribution in [0.3, 0.4) is 0 Å². The molecule has 1 fully saturated rings. The van der Waals surface area contributed by atoms with Gasteiger partial charge < -0.3 is 15.6 Å². The Morgan fingerprint density at radius 1 is 0.975 bits per heavy atom. The number of nitrogens with zero attached hydrogens (tertiary/aromatic N) is 5. The quantitative estimate of drug-likeness (QED) is 0.357. The zero-order chi connectivity index (χ0) is 28.2. The zero-order valence-corrected chi connectivity index (χ0v) is 21.6. The largest absolute Gasteiger partial charge is 0.418 e. The number of pyridine rings is 2. The summed E-state index contributed by atoms with van der Waals surface area (Å²) in [5.41, 5.74) is 7.33. The molecule has 0 saturated carbocycles. The summed E-state index contributed by atoms with van der Waals surface area (Å²) in [5, 5.41) is 0.592. The summed E-state index contributed by atoms with van der Waals surface area (Å²) in [6.07, 6.45) is -1.51. The number of anilines is 1. The van der Waals surface area contributed by atoms with Crippen LogP contribution < -0.4 is 21.9 Å². The lowest BCUT2D eigenvalue weighted by atomic mass is 10.0. The maximum atomic E-state index is 14.4. The van der Waals surface area contributed by atoms with Crippen molar-refractivity contribution in [3.63, 3.8) is 0 Å². The van der Waals surface area contributed by atoms with Gasteiger partial charge >= 0.3 is 11.9 Å². The number of rotatable bonds is 4. The molecule has 4 heterocycles. The molecule has 40 heavy (non-hydrogen) atoms. The Hall–Kier alpha value is -4.42. The summed E-state index contributed by atoms with van der Waals surface area (Å²) in [7, 11) is 1.57. The van der Waals surface area contributed by atoms with E-state index in [0.29, 0.717) is 54.8 Å². The van der Waals surface area contributed by atoms with Crippen molar-refractivity contribution in [1.29, 1.82) is 0 Å². The lowest BCUT2D eigenvalue weighted by molar-refractivity contribution is -0.137. The first-order valence-corrected chi connectivity index (χ1v) is 12.7. The summed E-state index contributed by atoms with van der Waals surface area (Å²) in [4.78, 5) is 35.8. The van der Waals surface area contributed by atoms with Gasteiger partial charge in [-0.1, -0.05) is 6.07 Å². The van der Waals surface area contributed by atoms with Crippen LogP contribution in [0.1, 0.15) is 5.56 Å². The number of aryl methyl sites for hydroxylation is 1. The van der Waals surface area contributed by atoms with Crippen LogP contribution in [0.5, 0.6) is 0 Å². The van der Waals surface area contributed by atoms with Crippen molar-refractivity contribution in [3.05, 3.63) is 87.3 Å². The van der Waals surface area contributed by atoms with Crippen LogP contribution in [0, 0.1) is 0 Å². The molecule has 0 atom stereocenters. The molecule has 0 amide bonds. The van der Waals surface area contributed by atoms with Gasteiger partial charge in [0.25, 0.3) is 0 Å². The van der Waals surface area contributed by atoms with Crippen molar-refractivity contribution in [1.82, 2.24) is 24.0 Å². The Bertz CT molecular complexity index is 1840. The minimum Gasteiger partial charge on any atom is -0.368 e. The minimum absolute atomic E-state index is 0.0769. The number of hydrogen-bond donors (Lipinski definition) is 2. The number of aromatic nitrogens is 4. The second-order valence-electron chi connectivity index (χ2n) is 9.83. The lowest BCUT2D eigenvalue weighted by Crippen LogP contribution is -2.48. The van der Waals surface area contributed by atoms with Gasteiger partial charge in [0.2, 0.25) is 5.56 Å². The number of hydrogen-bond acceptors (Lipinski definition) is 6. The van der Waals surface area contributed by atoms with Crippen molar-refractivity contribution < 1.29 is 13.2 Å². The summed E-state index contributed by atoms with van der Waals surface area (Å²) >= 11 is 0. The van der Waals surface area contributed by atoms with E-state index >= 15 is 0 Å². The molecule has 9 nitrogen and oxygen atoms in total. The lowest BCUT2D eigenvalue weighted by Gasteiger charge is -2.36. The highest BCUT2D eigenvalue weighted by Gasteiger charge is 2.36. The number of imidazole rings is 1. The van der Waals surface area contributed by atoms with Gasteiger partial charge in [0.05, 0.1) is 34.0 Å². The number of nitrogens with one attached hydrogen (secondary N) is 1. The third-order valence-corrected chi connectivity index (χ3v) is 7.52. The Labute approximate surface area is 225 Å². The molecule has 1 saturated heterocycles. The topological polar surface area (TPSA) is 105 Å². The van der Waals surface area contributed by atoms with Gasteiger partial charge in [-0.2, -0.15) is 13.2 Å².